The molecule has 1 aromatic rings. The molecule has 1 heteroatoms. The van der Waals surface area contributed by atoms with Gasteiger partial charge in [-0.15, -0.1) is 0 Å². The van der Waals surface area contributed by atoms with Crippen molar-refractivity contribution in [1.82, 2.24) is 5.32 Å². The summed E-state index contributed by atoms with van der Waals surface area (Å²) in [6.45, 7) is 16.8. The maximum atomic E-state index is 3.71. The van der Waals surface area contributed by atoms with Crippen molar-refractivity contribution in [3.8, 4) is 0 Å². The first-order chi connectivity index (χ1) is 8.11. The molecule has 0 heterocycles. The van der Waals surface area contributed by atoms with Crippen molar-refractivity contribution in [2.45, 2.75) is 67.0 Å². The molecule has 0 aliphatic carbocycles. The van der Waals surface area contributed by atoms with E-state index in [4.69, 9.17) is 0 Å². The zero-order chi connectivity index (χ0) is 14.0. The van der Waals surface area contributed by atoms with Crippen LogP contribution in [0.2, 0.25) is 0 Å². The Morgan fingerprint density at radius 1 is 0.944 bits per heavy atom. The number of aryl methyl sites for hydroxylation is 2. The number of nitrogens with one attached hydrogen (secondary N) is 1. The molecule has 0 aromatic heterocycles. The van der Waals surface area contributed by atoms with Gasteiger partial charge in [-0.25, -0.2) is 0 Å². The normalized spacial score (nSPS) is 12.8. The fraction of sp³-hybridized carbons (Fsp3) is 0.647. The Morgan fingerprint density at radius 3 is 1.89 bits per heavy atom. The smallest absolute Gasteiger partial charge is 0.0215 e. The highest BCUT2D eigenvalue weighted by molar-refractivity contribution is 5.33. The van der Waals surface area contributed by atoms with E-state index in [9.17, 15) is 0 Å². The number of benzene rings is 1. The molecule has 102 valence electrons. The summed E-state index contributed by atoms with van der Waals surface area (Å²) in [7, 11) is 0. The van der Waals surface area contributed by atoms with Crippen molar-refractivity contribution >= 4 is 0 Å². The van der Waals surface area contributed by atoms with Crippen LogP contribution in [0.1, 0.15) is 57.7 Å². The van der Waals surface area contributed by atoms with Crippen molar-refractivity contribution in [2.75, 3.05) is 0 Å². The minimum absolute atomic E-state index is 0.174. The molecular weight excluding hydrogens is 218 g/mol. The van der Waals surface area contributed by atoms with Gasteiger partial charge in [-0.05, 0) is 56.2 Å². The molecule has 0 aliphatic rings. The summed E-state index contributed by atoms with van der Waals surface area (Å²) < 4.78 is 0. The Hall–Kier alpha value is -0.820. The fourth-order valence-electron chi connectivity index (χ4n) is 2.84. The van der Waals surface area contributed by atoms with Crippen LogP contribution >= 0.6 is 0 Å². The second-order valence-corrected chi connectivity index (χ2v) is 7.35. The maximum Gasteiger partial charge on any atom is 0.0215 e. The molecule has 0 amide bonds. The second-order valence-electron chi connectivity index (χ2n) is 7.35. The SMILES string of the molecule is Cc1cccc(C)c1CNC(C)(C)CC(C)(C)C. The third kappa shape index (κ3) is 4.81. The zero-order valence-corrected chi connectivity index (χ0v) is 13.1. The minimum Gasteiger partial charge on any atom is -0.308 e. The van der Waals surface area contributed by atoms with E-state index < -0.39 is 0 Å². The first-order valence-electron chi connectivity index (χ1n) is 6.91. The van der Waals surface area contributed by atoms with Gasteiger partial charge in [-0.3, -0.25) is 0 Å². The Balaban J connectivity index is 2.70. The molecule has 0 radical (unpaired) electrons. The molecule has 0 saturated carbocycles. The lowest BCUT2D eigenvalue weighted by Crippen LogP contribution is -2.42. The van der Waals surface area contributed by atoms with Crippen LogP contribution < -0.4 is 5.32 Å². The lowest BCUT2D eigenvalue weighted by Gasteiger charge is -2.34. The molecule has 1 nitrogen and oxygen atoms in total. The van der Waals surface area contributed by atoms with Gasteiger partial charge >= 0.3 is 0 Å². The highest BCUT2D eigenvalue weighted by atomic mass is 15.0. The van der Waals surface area contributed by atoms with Crippen LogP contribution in [0.5, 0.6) is 0 Å². The summed E-state index contributed by atoms with van der Waals surface area (Å²) in [6, 6.07) is 6.52. The standard InChI is InChI=1S/C17H29N/c1-13-9-8-10-14(2)15(13)11-18-17(6,7)12-16(3,4)5/h8-10,18H,11-12H2,1-7H3. The first kappa shape index (κ1) is 15.2. The summed E-state index contributed by atoms with van der Waals surface area (Å²) >= 11 is 0. The summed E-state index contributed by atoms with van der Waals surface area (Å²) in [4.78, 5) is 0. The summed E-state index contributed by atoms with van der Waals surface area (Å²) in [5.41, 5.74) is 4.74. The number of hydrogen-bond acceptors (Lipinski definition) is 1. The van der Waals surface area contributed by atoms with Crippen LogP contribution in [0.15, 0.2) is 18.2 Å². The summed E-state index contributed by atoms with van der Waals surface area (Å²) in [5, 5.41) is 3.71. The molecule has 0 saturated heterocycles. The van der Waals surface area contributed by atoms with E-state index in [1.54, 1.807) is 0 Å². The Labute approximate surface area is 113 Å². The first-order valence-corrected chi connectivity index (χ1v) is 6.91. The molecule has 18 heavy (non-hydrogen) atoms. The molecule has 1 N–H and O–H groups in total. The molecule has 0 aliphatic heterocycles. The van der Waals surface area contributed by atoms with Gasteiger partial charge in [0.25, 0.3) is 0 Å². The van der Waals surface area contributed by atoms with E-state index in [1.165, 1.54) is 23.1 Å². The Kier molecular flexibility index (Phi) is 4.61. The monoisotopic (exact) mass is 247 g/mol. The number of hydrogen-bond donors (Lipinski definition) is 1. The molecule has 1 rings (SSSR count). The van der Waals surface area contributed by atoms with E-state index >= 15 is 0 Å². The second kappa shape index (κ2) is 5.44. The van der Waals surface area contributed by atoms with Crippen molar-refractivity contribution in [3.05, 3.63) is 34.9 Å². The van der Waals surface area contributed by atoms with Crippen LogP contribution in [-0.2, 0) is 6.54 Å². The molecule has 0 atom stereocenters. The van der Waals surface area contributed by atoms with Crippen LogP contribution in [0.3, 0.4) is 0 Å². The highest BCUT2D eigenvalue weighted by Crippen LogP contribution is 2.27. The van der Waals surface area contributed by atoms with E-state index in [-0.39, 0.29) is 5.54 Å². The lowest BCUT2D eigenvalue weighted by atomic mass is 9.81. The van der Waals surface area contributed by atoms with Gasteiger partial charge in [0.05, 0.1) is 0 Å². The highest BCUT2D eigenvalue weighted by Gasteiger charge is 2.24. The van der Waals surface area contributed by atoms with Crippen molar-refractivity contribution in [2.24, 2.45) is 5.41 Å². The average Bonchev–Trinajstić information content (AvgIpc) is 2.12. The third-order valence-corrected chi connectivity index (χ3v) is 3.36. The topological polar surface area (TPSA) is 12.0 Å². The summed E-state index contributed by atoms with van der Waals surface area (Å²) in [5.74, 6) is 0. The van der Waals surface area contributed by atoms with Gasteiger partial charge < -0.3 is 5.32 Å². The van der Waals surface area contributed by atoms with E-state index in [0.29, 0.717) is 5.41 Å². The van der Waals surface area contributed by atoms with Gasteiger partial charge in [0.2, 0.25) is 0 Å². The molecular formula is C17H29N. The van der Waals surface area contributed by atoms with E-state index in [0.717, 1.165) is 6.54 Å². The Bertz CT molecular complexity index is 376. The quantitative estimate of drug-likeness (QED) is 0.819. The lowest BCUT2D eigenvalue weighted by molar-refractivity contribution is 0.240. The Morgan fingerprint density at radius 2 is 1.44 bits per heavy atom. The molecule has 0 bridgehead atoms. The fourth-order valence-corrected chi connectivity index (χ4v) is 2.84. The van der Waals surface area contributed by atoms with Gasteiger partial charge in [-0.2, -0.15) is 0 Å². The maximum absolute atomic E-state index is 3.71. The zero-order valence-electron chi connectivity index (χ0n) is 13.1. The van der Waals surface area contributed by atoms with Gasteiger partial charge in [0.15, 0.2) is 0 Å². The van der Waals surface area contributed by atoms with Gasteiger partial charge in [0, 0.05) is 12.1 Å². The summed E-state index contributed by atoms with van der Waals surface area (Å²) in [6.07, 6.45) is 1.17. The van der Waals surface area contributed by atoms with E-state index in [1.807, 2.05) is 0 Å². The van der Waals surface area contributed by atoms with Crippen LogP contribution in [-0.4, -0.2) is 5.54 Å². The van der Waals surface area contributed by atoms with Crippen molar-refractivity contribution in [1.29, 1.82) is 0 Å². The van der Waals surface area contributed by atoms with Crippen molar-refractivity contribution < 1.29 is 0 Å². The number of rotatable bonds is 4. The predicted molar refractivity (Wildman–Crippen MR) is 80.9 cm³/mol. The van der Waals surface area contributed by atoms with Crippen LogP contribution in [0.4, 0.5) is 0 Å². The van der Waals surface area contributed by atoms with E-state index in [2.05, 4.69) is 72.0 Å². The predicted octanol–water partition coefficient (Wildman–Crippen LogP) is 4.61. The average molecular weight is 247 g/mol. The minimum atomic E-state index is 0.174. The largest absolute Gasteiger partial charge is 0.308 e. The molecule has 0 fully saturated rings. The van der Waals surface area contributed by atoms with Gasteiger partial charge in [0.1, 0.15) is 0 Å². The van der Waals surface area contributed by atoms with Gasteiger partial charge in [-0.1, -0.05) is 39.0 Å². The molecule has 0 unspecified atom stereocenters. The molecule has 1 aromatic carbocycles. The van der Waals surface area contributed by atoms with Crippen LogP contribution in [0.25, 0.3) is 0 Å². The van der Waals surface area contributed by atoms with Crippen LogP contribution in [0, 0.1) is 19.3 Å². The molecule has 0 spiro atoms. The third-order valence-electron chi connectivity index (χ3n) is 3.36. The van der Waals surface area contributed by atoms with Crippen molar-refractivity contribution in [3.63, 3.8) is 0 Å².